The molecule has 0 amide bonds. The highest BCUT2D eigenvalue weighted by Gasteiger charge is 1.95. The van der Waals surface area contributed by atoms with Crippen molar-refractivity contribution in [2.45, 2.75) is 6.54 Å². The van der Waals surface area contributed by atoms with Crippen LogP contribution in [0, 0.1) is 0 Å². The van der Waals surface area contributed by atoms with Crippen molar-refractivity contribution < 1.29 is 4.79 Å². The van der Waals surface area contributed by atoms with Crippen molar-refractivity contribution in [3.05, 3.63) is 18.5 Å². The summed E-state index contributed by atoms with van der Waals surface area (Å²) >= 11 is 5.07. The van der Waals surface area contributed by atoms with Gasteiger partial charge in [0.1, 0.15) is 6.54 Å². The monoisotopic (exact) mass is 144 g/mol. The van der Waals surface area contributed by atoms with Crippen LogP contribution in [0.2, 0.25) is 0 Å². The van der Waals surface area contributed by atoms with Crippen molar-refractivity contribution in [1.29, 1.82) is 0 Å². The Hall–Kier alpha value is -0.830. The lowest BCUT2D eigenvalue weighted by molar-refractivity contribution is -0.112. The molecule has 0 aliphatic heterocycles. The van der Waals surface area contributed by atoms with Gasteiger partial charge in [-0.15, -0.1) is 0 Å². The Bertz CT molecular complexity index is 195. The Balaban J connectivity index is 2.58. The molecule has 0 radical (unpaired) electrons. The van der Waals surface area contributed by atoms with Gasteiger partial charge in [0.2, 0.25) is 5.24 Å². The highest BCUT2D eigenvalue weighted by Crippen LogP contribution is 1.87. The summed E-state index contributed by atoms with van der Waals surface area (Å²) in [7, 11) is 0. The normalized spacial score (nSPS) is 9.44. The van der Waals surface area contributed by atoms with E-state index in [0.717, 1.165) is 0 Å². The minimum absolute atomic E-state index is 0.147. The summed E-state index contributed by atoms with van der Waals surface area (Å²) in [6.07, 6.45) is 3.28. The highest BCUT2D eigenvalue weighted by molar-refractivity contribution is 6.63. The topological polar surface area (TPSA) is 34.9 Å². The van der Waals surface area contributed by atoms with Crippen molar-refractivity contribution >= 4 is 16.8 Å². The number of aromatic nitrogens is 2. The maximum absolute atomic E-state index is 10.2. The Kier molecular flexibility index (Phi) is 1.85. The number of carbonyl (C=O) groups is 1. The van der Waals surface area contributed by atoms with Crippen molar-refractivity contribution in [2.24, 2.45) is 0 Å². The largest absolute Gasteiger partial charge is 0.279 e. The smallest absolute Gasteiger partial charge is 0.243 e. The molecule has 1 aromatic heterocycles. The second-order valence-electron chi connectivity index (χ2n) is 1.56. The average molecular weight is 145 g/mol. The number of carbonyl (C=O) groups excluding carboxylic acids is 1. The third kappa shape index (κ3) is 1.85. The summed E-state index contributed by atoms with van der Waals surface area (Å²) in [4.78, 5) is 10.2. The van der Waals surface area contributed by atoms with E-state index in [0.29, 0.717) is 0 Å². The minimum Gasteiger partial charge on any atom is -0.279 e. The number of halogens is 1. The Morgan fingerprint density at radius 1 is 1.78 bits per heavy atom. The molecule has 9 heavy (non-hydrogen) atoms. The number of nitrogens with zero attached hydrogens (tertiary/aromatic N) is 2. The minimum atomic E-state index is -0.404. The van der Waals surface area contributed by atoms with E-state index in [-0.39, 0.29) is 6.54 Å². The lowest BCUT2D eigenvalue weighted by Gasteiger charge is -1.91. The van der Waals surface area contributed by atoms with E-state index in [2.05, 4.69) is 5.10 Å². The Labute approximate surface area is 57.2 Å². The van der Waals surface area contributed by atoms with Gasteiger partial charge in [-0.05, 0) is 17.7 Å². The van der Waals surface area contributed by atoms with E-state index in [1.54, 1.807) is 18.5 Å². The first-order chi connectivity index (χ1) is 4.29. The van der Waals surface area contributed by atoms with Gasteiger partial charge >= 0.3 is 0 Å². The molecule has 0 saturated heterocycles. The number of hydrogen-bond donors (Lipinski definition) is 0. The van der Waals surface area contributed by atoms with E-state index in [1.807, 2.05) is 0 Å². The predicted molar refractivity (Wildman–Crippen MR) is 33.1 cm³/mol. The van der Waals surface area contributed by atoms with Crippen LogP contribution in [0.5, 0.6) is 0 Å². The summed E-state index contributed by atoms with van der Waals surface area (Å²) in [5.41, 5.74) is 0. The van der Waals surface area contributed by atoms with Gasteiger partial charge in [0, 0.05) is 12.4 Å². The zero-order chi connectivity index (χ0) is 6.69. The maximum Gasteiger partial charge on any atom is 0.243 e. The molecule has 0 saturated carbocycles. The molecule has 0 aliphatic carbocycles. The summed E-state index contributed by atoms with van der Waals surface area (Å²) < 4.78 is 1.47. The zero-order valence-electron chi connectivity index (χ0n) is 4.62. The van der Waals surface area contributed by atoms with Crippen LogP contribution in [0.3, 0.4) is 0 Å². The molecule has 0 aromatic carbocycles. The number of hydrogen-bond acceptors (Lipinski definition) is 2. The third-order valence-corrected chi connectivity index (χ3v) is 0.965. The van der Waals surface area contributed by atoms with Crippen LogP contribution in [0.25, 0.3) is 0 Å². The second-order valence-corrected chi connectivity index (χ2v) is 1.98. The molecule has 0 atom stereocenters. The molecular formula is C5H5ClN2O. The van der Waals surface area contributed by atoms with Crippen LogP contribution in [0.4, 0.5) is 0 Å². The number of rotatable bonds is 2. The molecular weight excluding hydrogens is 140 g/mol. The highest BCUT2D eigenvalue weighted by atomic mass is 35.5. The molecule has 1 heterocycles. The molecule has 0 aliphatic rings. The molecule has 1 aromatic rings. The van der Waals surface area contributed by atoms with Crippen LogP contribution in [0.1, 0.15) is 0 Å². The van der Waals surface area contributed by atoms with Gasteiger partial charge in [-0.25, -0.2) is 0 Å². The van der Waals surface area contributed by atoms with Crippen molar-refractivity contribution in [3.63, 3.8) is 0 Å². The average Bonchev–Trinajstić information content (AvgIpc) is 2.15. The first kappa shape index (κ1) is 6.29. The maximum atomic E-state index is 10.2. The standard InChI is InChI=1S/C5H5ClN2O/c6-5(9)4-8-3-1-2-7-8/h1-3H,4H2. The fourth-order valence-electron chi connectivity index (χ4n) is 0.521. The third-order valence-electron chi connectivity index (χ3n) is 0.846. The van der Waals surface area contributed by atoms with Crippen LogP contribution < -0.4 is 0 Å². The Morgan fingerprint density at radius 3 is 3.00 bits per heavy atom. The first-order valence-electron chi connectivity index (χ1n) is 2.45. The molecule has 48 valence electrons. The SMILES string of the molecule is O=C(Cl)Cn1cccn1. The van der Waals surface area contributed by atoms with E-state index in [4.69, 9.17) is 11.6 Å². The van der Waals surface area contributed by atoms with Crippen LogP contribution >= 0.6 is 11.6 Å². The van der Waals surface area contributed by atoms with Gasteiger partial charge in [-0.3, -0.25) is 9.48 Å². The van der Waals surface area contributed by atoms with Gasteiger partial charge in [-0.2, -0.15) is 5.10 Å². The summed E-state index contributed by atoms with van der Waals surface area (Å²) in [6.45, 7) is 0.147. The molecule has 3 nitrogen and oxygen atoms in total. The quantitative estimate of drug-likeness (QED) is 0.572. The molecule has 1 rings (SSSR count). The fourth-order valence-corrected chi connectivity index (χ4v) is 0.644. The van der Waals surface area contributed by atoms with Crippen molar-refractivity contribution in [1.82, 2.24) is 9.78 Å². The van der Waals surface area contributed by atoms with Crippen LogP contribution in [-0.4, -0.2) is 15.0 Å². The lowest BCUT2D eigenvalue weighted by Crippen LogP contribution is -2.03. The second kappa shape index (κ2) is 2.64. The van der Waals surface area contributed by atoms with Crippen LogP contribution in [0.15, 0.2) is 18.5 Å². The molecule has 0 spiro atoms. The molecule has 0 fully saturated rings. The van der Waals surface area contributed by atoms with Gasteiger partial charge in [0.15, 0.2) is 0 Å². The first-order valence-corrected chi connectivity index (χ1v) is 2.82. The van der Waals surface area contributed by atoms with Crippen LogP contribution in [-0.2, 0) is 11.3 Å². The molecule has 0 bridgehead atoms. The zero-order valence-corrected chi connectivity index (χ0v) is 5.38. The van der Waals surface area contributed by atoms with Gasteiger partial charge < -0.3 is 0 Å². The van der Waals surface area contributed by atoms with E-state index in [1.165, 1.54) is 4.68 Å². The summed E-state index contributed by atoms with van der Waals surface area (Å²) in [5.74, 6) is 0. The van der Waals surface area contributed by atoms with Gasteiger partial charge in [0.05, 0.1) is 0 Å². The lowest BCUT2D eigenvalue weighted by atomic mass is 10.7. The predicted octanol–water partition coefficient (Wildman–Crippen LogP) is 0.648. The van der Waals surface area contributed by atoms with Crippen molar-refractivity contribution in [3.8, 4) is 0 Å². The molecule has 0 N–H and O–H groups in total. The summed E-state index contributed by atoms with van der Waals surface area (Å²) in [5, 5.41) is 3.36. The van der Waals surface area contributed by atoms with Gasteiger partial charge in [-0.1, -0.05) is 0 Å². The Morgan fingerprint density at radius 2 is 2.56 bits per heavy atom. The van der Waals surface area contributed by atoms with E-state index in [9.17, 15) is 4.79 Å². The van der Waals surface area contributed by atoms with Gasteiger partial charge in [0.25, 0.3) is 0 Å². The van der Waals surface area contributed by atoms with Crippen molar-refractivity contribution in [2.75, 3.05) is 0 Å². The fraction of sp³-hybridized carbons (Fsp3) is 0.200. The van der Waals surface area contributed by atoms with E-state index < -0.39 is 5.24 Å². The molecule has 4 heteroatoms. The summed E-state index contributed by atoms with van der Waals surface area (Å²) in [6, 6.07) is 1.74. The van der Waals surface area contributed by atoms with E-state index >= 15 is 0 Å². The molecule has 0 unspecified atom stereocenters.